The molecule has 2 N–H and O–H groups in total. The Balaban J connectivity index is 1.81. The molecule has 11 nitrogen and oxygen atoms in total. The summed E-state index contributed by atoms with van der Waals surface area (Å²) in [4.78, 5) is 60.1. The Bertz CT molecular complexity index is 973. The minimum Gasteiger partial charge on any atom is -0.457 e. The van der Waals surface area contributed by atoms with Crippen LogP contribution in [0.4, 0.5) is 0 Å². The second kappa shape index (κ2) is 7.77. The normalized spacial score (nSPS) is 10.8. The molecule has 0 aliphatic heterocycles. The van der Waals surface area contributed by atoms with E-state index in [1.807, 2.05) is 4.98 Å². The second-order valence-corrected chi connectivity index (χ2v) is 4.58. The van der Waals surface area contributed by atoms with Gasteiger partial charge in [0.25, 0.3) is 5.56 Å². The number of aromatic amines is 2. The van der Waals surface area contributed by atoms with Crippen LogP contribution >= 0.6 is 0 Å². The number of aromatic nitrogens is 2. The summed E-state index contributed by atoms with van der Waals surface area (Å²) in [6, 6.07) is 0. The van der Waals surface area contributed by atoms with Crippen molar-refractivity contribution in [3.8, 4) is 0 Å². The third kappa shape index (κ3) is 5.20. The zero-order valence-electron chi connectivity index (χ0n) is 12.8. The third-order valence-electron chi connectivity index (χ3n) is 2.80. The number of H-pyrrole nitrogens is 2. The highest BCUT2D eigenvalue weighted by Gasteiger charge is 2.10. The number of hydrogen-bond acceptors (Lipinski definition) is 9. The van der Waals surface area contributed by atoms with E-state index in [4.69, 9.17) is 9.47 Å². The van der Waals surface area contributed by atoms with Gasteiger partial charge in [-0.05, 0) is 6.92 Å². The molecule has 0 unspecified atom stereocenters. The van der Waals surface area contributed by atoms with E-state index in [0.717, 1.165) is 18.3 Å². The van der Waals surface area contributed by atoms with Crippen LogP contribution in [0.2, 0.25) is 0 Å². The van der Waals surface area contributed by atoms with Crippen LogP contribution in [0.3, 0.4) is 0 Å². The summed E-state index contributed by atoms with van der Waals surface area (Å²) in [6.07, 6.45) is 2.70. The van der Waals surface area contributed by atoms with Crippen molar-refractivity contribution >= 4 is 11.9 Å². The lowest BCUT2D eigenvalue weighted by molar-refractivity contribution is -0.142. The summed E-state index contributed by atoms with van der Waals surface area (Å²) >= 11 is 0. The molecule has 11 heteroatoms. The molecular formula is C14H12N2O9. The molecule has 0 aliphatic carbocycles. The van der Waals surface area contributed by atoms with Gasteiger partial charge in [-0.25, -0.2) is 19.2 Å². The van der Waals surface area contributed by atoms with Gasteiger partial charge in [-0.1, -0.05) is 0 Å². The van der Waals surface area contributed by atoms with Crippen LogP contribution in [0.5, 0.6) is 0 Å². The monoisotopic (exact) mass is 352 g/mol. The molecule has 0 radical (unpaired) electrons. The van der Waals surface area contributed by atoms with E-state index in [2.05, 4.69) is 13.8 Å². The van der Waals surface area contributed by atoms with Crippen LogP contribution < -0.4 is 17.1 Å². The van der Waals surface area contributed by atoms with Gasteiger partial charge in [0.2, 0.25) is 0 Å². The van der Waals surface area contributed by atoms with Crippen molar-refractivity contribution in [2.45, 2.75) is 20.1 Å². The van der Waals surface area contributed by atoms with E-state index in [9.17, 15) is 24.0 Å². The van der Waals surface area contributed by atoms with Crippen molar-refractivity contribution in [3.05, 3.63) is 66.9 Å². The molecule has 2 aromatic heterocycles. The smallest absolute Gasteiger partial charge is 0.457 e. The molecule has 0 atom stereocenters. The Morgan fingerprint density at radius 1 is 1.08 bits per heavy atom. The van der Waals surface area contributed by atoms with Crippen LogP contribution in [-0.2, 0) is 32.3 Å². The van der Waals surface area contributed by atoms with E-state index < -0.39 is 35.6 Å². The predicted molar refractivity (Wildman–Crippen MR) is 78.4 cm³/mol. The van der Waals surface area contributed by atoms with Crippen LogP contribution in [0, 0.1) is 6.92 Å². The van der Waals surface area contributed by atoms with Crippen LogP contribution in [-0.4, -0.2) is 21.9 Å². The Hall–Kier alpha value is -3.63. The van der Waals surface area contributed by atoms with E-state index in [0.29, 0.717) is 0 Å². The number of aryl methyl sites for hydroxylation is 1. The molecule has 0 aromatic carbocycles. The fourth-order valence-corrected chi connectivity index (χ4v) is 1.57. The Kier molecular flexibility index (Phi) is 5.50. The molecule has 0 spiro atoms. The summed E-state index contributed by atoms with van der Waals surface area (Å²) in [6.45, 7) is 0.714. The van der Waals surface area contributed by atoms with Gasteiger partial charge in [-0.15, -0.1) is 0 Å². The maximum atomic E-state index is 11.5. The highest BCUT2D eigenvalue weighted by atomic mass is 16.6. The SMILES string of the molecule is Cc1oc(=O)oc1COC(=O)/C=C/C(=O)OCc1c[nH]c(=O)[nH]c1=O. The highest BCUT2D eigenvalue weighted by Crippen LogP contribution is 2.06. The number of esters is 2. The van der Waals surface area contributed by atoms with Crippen LogP contribution in [0.15, 0.2) is 41.6 Å². The first-order valence-electron chi connectivity index (χ1n) is 6.77. The predicted octanol–water partition coefficient (Wildman–Crippen LogP) is -0.739. The van der Waals surface area contributed by atoms with E-state index in [1.165, 1.54) is 6.92 Å². The van der Waals surface area contributed by atoms with Gasteiger partial charge < -0.3 is 23.3 Å². The Morgan fingerprint density at radius 2 is 1.72 bits per heavy atom. The molecule has 0 amide bonds. The van der Waals surface area contributed by atoms with Crippen LogP contribution in [0.1, 0.15) is 17.1 Å². The number of rotatable bonds is 6. The van der Waals surface area contributed by atoms with E-state index >= 15 is 0 Å². The van der Waals surface area contributed by atoms with E-state index in [1.54, 1.807) is 0 Å². The van der Waals surface area contributed by atoms with Gasteiger partial charge in [-0.2, -0.15) is 0 Å². The minimum absolute atomic E-state index is 0.0226. The summed E-state index contributed by atoms with van der Waals surface area (Å²) in [7, 11) is 0. The van der Waals surface area contributed by atoms with Crippen molar-refractivity contribution in [2.24, 2.45) is 0 Å². The average molecular weight is 352 g/mol. The first-order valence-corrected chi connectivity index (χ1v) is 6.77. The molecule has 0 bridgehead atoms. The first-order chi connectivity index (χ1) is 11.8. The topological polar surface area (TPSA) is 162 Å². The molecule has 2 rings (SSSR count). The molecular weight excluding hydrogens is 340 g/mol. The lowest BCUT2D eigenvalue weighted by Gasteiger charge is -2.01. The Labute approximate surface area is 137 Å². The maximum Gasteiger partial charge on any atom is 0.519 e. The lowest BCUT2D eigenvalue weighted by Crippen LogP contribution is -2.25. The van der Waals surface area contributed by atoms with Crippen LogP contribution in [0.25, 0.3) is 0 Å². The molecule has 0 saturated heterocycles. The van der Waals surface area contributed by atoms with Crippen molar-refractivity contribution in [1.29, 1.82) is 0 Å². The van der Waals surface area contributed by atoms with Gasteiger partial charge in [0, 0.05) is 18.3 Å². The number of ether oxygens (including phenoxy) is 2. The van der Waals surface area contributed by atoms with Crippen molar-refractivity contribution in [2.75, 3.05) is 0 Å². The number of carbonyl (C=O) groups is 2. The highest BCUT2D eigenvalue weighted by molar-refractivity contribution is 5.91. The van der Waals surface area contributed by atoms with Crippen molar-refractivity contribution in [3.63, 3.8) is 0 Å². The molecule has 0 aliphatic rings. The first kappa shape index (κ1) is 17.7. The summed E-state index contributed by atoms with van der Waals surface area (Å²) in [5.41, 5.74) is -1.36. The number of carbonyl (C=O) groups excluding carboxylic acids is 2. The molecule has 0 saturated carbocycles. The van der Waals surface area contributed by atoms with Gasteiger partial charge in [0.1, 0.15) is 6.61 Å². The largest absolute Gasteiger partial charge is 0.519 e. The van der Waals surface area contributed by atoms with Gasteiger partial charge >= 0.3 is 23.5 Å². The van der Waals surface area contributed by atoms with Crippen molar-refractivity contribution < 1.29 is 27.9 Å². The summed E-state index contributed by atoms with van der Waals surface area (Å²) in [5.74, 6) is -2.49. The van der Waals surface area contributed by atoms with Gasteiger partial charge in [0.05, 0.1) is 5.56 Å². The second-order valence-electron chi connectivity index (χ2n) is 4.58. The van der Waals surface area contributed by atoms with Gasteiger partial charge in [0.15, 0.2) is 18.1 Å². The molecule has 2 heterocycles. The minimum atomic E-state index is -0.917. The zero-order valence-corrected chi connectivity index (χ0v) is 12.8. The molecule has 2 aromatic rings. The fourth-order valence-electron chi connectivity index (χ4n) is 1.57. The number of nitrogens with one attached hydrogen (secondary N) is 2. The molecule has 0 fully saturated rings. The van der Waals surface area contributed by atoms with Crippen molar-refractivity contribution in [1.82, 2.24) is 9.97 Å². The Morgan fingerprint density at radius 3 is 2.28 bits per heavy atom. The zero-order chi connectivity index (χ0) is 18.4. The third-order valence-corrected chi connectivity index (χ3v) is 2.80. The van der Waals surface area contributed by atoms with E-state index in [-0.39, 0.29) is 23.7 Å². The quantitative estimate of drug-likeness (QED) is 0.503. The standard InChI is InChI=1S/C14H12N2O9/c1-7-9(25-14(21)24-7)6-23-11(18)3-2-10(17)22-5-8-4-15-13(20)16-12(8)19/h2-4H,5-6H2,1H3,(H2,15,16,19,20)/b3-2+. The molecule has 25 heavy (non-hydrogen) atoms. The fraction of sp³-hybridized carbons (Fsp3) is 0.214. The average Bonchev–Trinajstić information content (AvgIpc) is 2.87. The summed E-state index contributed by atoms with van der Waals surface area (Å²) in [5, 5.41) is 0. The lowest BCUT2D eigenvalue weighted by atomic mass is 10.3. The molecule has 132 valence electrons. The summed E-state index contributed by atoms with van der Waals surface area (Å²) < 4.78 is 18.7. The number of hydrogen-bond donors (Lipinski definition) is 2. The van der Waals surface area contributed by atoms with Gasteiger partial charge in [-0.3, -0.25) is 9.78 Å². The maximum absolute atomic E-state index is 11.5.